The molecule has 3 heteroatoms. The molecular formula is C12H12O3. The first kappa shape index (κ1) is 9.93. The van der Waals surface area contributed by atoms with E-state index >= 15 is 0 Å². The van der Waals surface area contributed by atoms with Crippen molar-refractivity contribution in [2.75, 3.05) is 13.2 Å². The van der Waals surface area contributed by atoms with Crippen LogP contribution < -0.4 is 0 Å². The molecule has 0 amide bonds. The molecule has 0 atom stereocenters. The summed E-state index contributed by atoms with van der Waals surface area (Å²) in [6, 6.07) is 7.08. The lowest BCUT2D eigenvalue weighted by atomic mass is 9.96. The van der Waals surface area contributed by atoms with Gasteiger partial charge in [-0.05, 0) is 23.6 Å². The van der Waals surface area contributed by atoms with Gasteiger partial charge in [0.1, 0.15) is 0 Å². The molecule has 0 saturated carbocycles. The summed E-state index contributed by atoms with van der Waals surface area (Å²) in [7, 11) is 0. The summed E-state index contributed by atoms with van der Waals surface area (Å²) in [6.45, 7) is 1.24. The topological polar surface area (TPSA) is 46.5 Å². The Morgan fingerprint density at radius 1 is 1.33 bits per heavy atom. The van der Waals surface area contributed by atoms with E-state index in [4.69, 9.17) is 9.84 Å². The lowest BCUT2D eigenvalue weighted by molar-refractivity contribution is 0.0696. The summed E-state index contributed by atoms with van der Waals surface area (Å²) < 4.78 is 5.20. The first-order chi connectivity index (χ1) is 7.29. The number of aromatic carboxylic acids is 1. The summed E-state index contributed by atoms with van der Waals surface area (Å²) in [5.41, 5.74) is 2.25. The monoisotopic (exact) mass is 204 g/mol. The minimum absolute atomic E-state index is 0.366. The second kappa shape index (κ2) is 4.28. The zero-order valence-electron chi connectivity index (χ0n) is 8.27. The second-order valence-corrected chi connectivity index (χ2v) is 3.41. The number of hydrogen-bond donors (Lipinski definition) is 1. The predicted molar refractivity (Wildman–Crippen MR) is 56.8 cm³/mol. The van der Waals surface area contributed by atoms with Crippen molar-refractivity contribution in [1.82, 2.24) is 0 Å². The number of carboxylic acid groups (broad SMARTS) is 1. The Labute approximate surface area is 88.0 Å². The fraction of sp³-hybridized carbons (Fsp3) is 0.250. The Balaban J connectivity index is 2.42. The Hall–Kier alpha value is -1.61. The Kier molecular flexibility index (Phi) is 2.83. The van der Waals surface area contributed by atoms with Crippen molar-refractivity contribution in [3.8, 4) is 0 Å². The summed E-state index contributed by atoms with van der Waals surface area (Å²) >= 11 is 0. The lowest BCUT2D eigenvalue weighted by Crippen LogP contribution is -2.07. The van der Waals surface area contributed by atoms with E-state index in [0.717, 1.165) is 17.6 Å². The zero-order valence-corrected chi connectivity index (χ0v) is 8.27. The fourth-order valence-corrected chi connectivity index (χ4v) is 1.72. The molecular weight excluding hydrogens is 192 g/mol. The normalized spacial score (nSPS) is 15.9. The van der Waals surface area contributed by atoms with E-state index in [1.807, 2.05) is 18.2 Å². The summed E-state index contributed by atoms with van der Waals surface area (Å²) in [6.07, 6.45) is 2.73. The van der Waals surface area contributed by atoms with Crippen LogP contribution in [0.3, 0.4) is 0 Å². The highest BCUT2D eigenvalue weighted by molar-refractivity contribution is 5.94. The minimum Gasteiger partial charge on any atom is -0.478 e. The number of ether oxygens (including phenoxy) is 1. The van der Waals surface area contributed by atoms with Crippen LogP contribution >= 0.6 is 0 Å². The van der Waals surface area contributed by atoms with Crippen LogP contribution in [0.5, 0.6) is 0 Å². The average molecular weight is 204 g/mol. The number of carbonyl (C=O) groups is 1. The molecule has 1 heterocycles. The van der Waals surface area contributed by atoms with Gasteiger partial charge in [-0.15, -0.1) is 0 Å². The number of benzene rings is 1. The van der Waals surface area contributed by atoms with Crippen molar-refractivity contribution in [2.24, 2.45) is 0 Å². The summed E-state index contributed by atoms with van der Waals surface area (Å²) in [5.74, 6) is -0.877. The molecule has 0 bridgehead atoms. The smallest absolute Gasteiger partial charge is 0.336 e. The van der Waals surface area contributed by atoms with Crippen molar-refractivity contribution < 1.29 is 14.6 Å². The largest absolute Gasteiger partial charge is 0.478 e. The predicted octanol–water partition coefficient (Wildman–Crippen LogP) is 2.19. The SMILES string of the molecule is O=C(O)c1ccccc1C1=CCOCC1. The van der Waals surface area contributed by atoms with E-state index in [9.17, 15) is 4.79 Å². The van der Waals surface area contributed by atoms with Gasteiger partial charge in [0.05, 0.1) is 18.8 Å². The molecule has 78 valence electrons. The van der Waals surface area contributed by atoms with E-state index in [2.05, 4.69) is 0 Å². The molecule has 15 heavy (non-hydrogen) atoms. The van der Waals surface area contributed by atoms with E-state index in [1.165, 1.54) is 0 Å². The highest BCUT2D eigenvalue weighted by Crippen LogP contribution is 2.24. The average Bonchev–Trinajstić information content (AvgIpc) is 2.30. The van der Waals surface area contributed by atoms with Gasteiger partial charge in [-0.3, -0.25) is 0 Å². The third-order valence-corrected chi connectivity index (χ3v) is 2.47. The van der Waals surface area contributed by atoms with Crippen LogP contribution in [-0.2, 0) is 4.74 Å². The molecule has 0 saturated heterocycles. The van der Waals surface area contributed by atoms with E-state index < -0.39 is 5.97 Å². The second-order valence-electron chi connectivity index (χ2n) is 3.41. The van der Waals surface area contributed by atoms with Crippen LogP contribution in [0.15, 0.2) is 30.3 Å². The van der Waals surface area contributed by atoms with Crippen molar-refractivity contribution in [1.29, 1.82) is 0 Å². The molecule has 3 nitrogen and oxygen atoms in total. The van der Waals surface area contributed by atoms with Crippen molar-refractivity contribution in [2.45, 2.75) is 6.42 Å². The third kappa shape index (κ3) is 2.07. The first-order valence-corrected chi connectivity index (χ1v) is 4.88. The molecule has 0 spiro atoms. The zero-order chi connectivity index (χ0) is 10.7. The molecule has 0 unspecified atom stereocenters. The van der Waals surface area contributed by atoms with Gasteiger partial charge in [-0.25, -0.2) is 4.79 Å². The Morgan fingerprint density at radius 2 is 2.13 bits per heavy atom. The van der Waals surface area contributed by atoms with Gasteiger partial charge in [-0.2, -0.15) is 0 Å². The highest BCUT2D eigenvalue weighted by Gasteiger charge is 2.14. The summed E-state index contributed by atoms with van der Waals surface area (Å²) in [4.78, 5) is 11.0. The maximum atomic E-state index is 11.0. The molecule has 2 rings (SSSR count). The van der Waals surface area contributed by atoms with E-state index in [-0.39, 0.29) is 0 Å². The number of hydrogen-bond acceptors (Lipinski definition) is 2. The van der Waals surface area contributed by atoms with Gasteiger partial charge in [0, 0.05) is 0 Å². The van der Waals surface area contributed by atoms with E-state index in [1.54, 1.807) is 12.1 Å². The fourth-order valence-electron chi connectivity index (χ4n) is 1.72. The molecule has 1 aliphatic rings. The maximum absolute atomic E-state index is 11.0. The van der Waals surface area contributed by atoms with Crippen LogP contribution in [0.4, 0.5) is 0 Å². The third-order valence-electron chi connectivity index (χ3n) is 2.47. The van der Waals surface area contributed by atoms with Crippen LogP contribution in [0.1, 0.15) is 22.3 Å². The van der Waals surface area contributed by atoms with Crippen LogP contribution in [0.2, 0.25) is 0 Å². The Morgan fingerprint density at radius 3 is 2.80 bits per heavy atom. The van der Waals surface area contributed by atoms with Gasteiger partial charge in [-0.1, -0.05) is 24.3 Å². The van der Waals surface area contributed by atoms with Crippen molar-refractivity contribution >= 4 is 11.5 Å². The molecule has 0 radical (unpaired) electrons. The number of carboxylic acids is 1. The molecule has 1 aliphatic heterocycles. The maximum Gasteiger partial charge on any atom is 0.336 e. The van der Waals surface area contributed by atoms with Crippen LogP contribution in [0.25, 0.3) is 5.57 Å². The van der Waals surface area contributed by atoms with Crippen molar-refractivity contribution in [3.05, 3.63) is 41.5 Å². The van der Waals surface area contributed by atoms with Gasteiger partial charge in [0.25, 0.3) is 0 Å². The quantitative estimate of drug-likeness (QED) is 0.803. The van der Waals surface area contributed by atoms with Gasteiger partial charge in [0.15, 0.2) is 0 Å². The van der Waals surface area contributed by atoms with Gasteiger partial charge < -0.3 is 9.84 Å². The first-order valence-electron chi connectivity index (χ1n) is 4.88. The number of rotatable bonds is 2. The molecule has 0 fully saturated rings. The molecule has 0 aromatic heterocycles. The molecule has 1 N–H and O–H groups in total. The summed E-state index contributed by atoms with van der Waals surface area (Å²) in [5, 5.41) is 9.04. The lowest BCUT2D eigenvalue weighted by Gasteiger charge is -2.15. The standard InChI is InChI=1S/C12H12O3/c13-12(14)11-4-2-1-3-10(11)9-5-7-15-8-6-9/h1-5H,6-8H2,(H,13,14). The van der Waals surface area contributed by atoms with Gasteiger partial charge >= 0.3 is 5.97 Å². The minimum atomic E-state index is -0.877. The van der Waals surface area contributed by atoms with Gasteiger partial charge in [0.2, 0.25) is 0 Å². The van der Waals surface area contributed by atoms with Crippen molar-refractivity contribution in [3.63, 3.8) is 0 Å². The highest BCUT2D eigenvalue weighted by atomic mass is 16.5. The molecule has 1 aromatic carbocycles. The molecule has 1 aromatic rings. The van der Waals surface area contributed by atoms with Crippen LogP contribution in [-0.4, -0.2) is 24.3 Å². The molecule has 0 aliphatic carbocycles. The Bertz CT molecular complexity index is 407. The van der Waals surface area contributed by atoms with E-state index in [0.29, 0.717) is 18.8 Å². The van der Waals surface area contributed by atoms with Crippen LogP contribution in [0, 0.1) is 0 Å².